The molecule has 9 rings (SSSR count). The van der Waals surface area contributed by atoms with Crippen molar-refractivity contribution in [1.29, 1.82) is 0 Å². The van der Waals surface area contributed by atoms with Crippen LogP contribution in [0.25, 0.3) is 82.1 Å². The zero-order valence-corrected chi connectivity index (χ0v) is 24.5. The molecule has 0 spiro atoms. The topological polar surface area (TPSA) is 31.0 Å². The van der Waals surface area contributed by atoms with Gasteiger partial charge in [-0.2, -0.15) is 0 Å². The minimum absolute atomic E-state index is 0.841. The summed E-state index contributed by atoms with van der Waals surface area (Å²) in [6, 6.07) is 48.5. The van der Waals surface area contributed by atoms with Crippen molar-refractivity contribution >= 4 is 54.1 Å². The van der Waals surface area contributed by atoms with E-state index >= 15 is 0 Å². The Bertz CT molecular complexity index is 2500. The predicted molar refractivity (Wildman–Crippen MR) is 184 cm³/mol. The monoisotopic (exact) mass is 564 g/mol. The van der Waals surface area contributed by atoms with Crippen LogP contribution in [0.1, 0.15) is 11.5 Å². The lowest BCUT2D eigenvalue weighted by Gasteiger charge is -2.17. The minimum Gasteiger partial charge on any atom is -0.361 e. The van der Waals surface area contributed by atoms with Gasteiger partial charge in [0.05, 0.1) is 22.4 Å². The summed E-state index contributed by atoms with van der Waals surface area (Å²) < 4.78 is 8.09. The summed E-state index contributed by atoms with van der Waals surface area (Å²) in [7, 11) is 0. The molecule has 0 aliphatic carbocycles. The number of hydrogen-bond acceptors (Lipinski definition) is 2. The van der Waals surface area contributed by atoms with Crippen molar-refractivity contribution in [2.75, 3.05) is 0 Å². The van der Waals surface area contributed by atoms with Crippen LogP contribution in [0.2, 0.25) is 0 Å². The van der Waals surface area contributed by atoms with E-state index in [-0.39, 0.29) is 0 Å². The predicted octanol–water partition coefficient (Wildman–Crippen LogP) is 11.2. The van der Waals surface area contributed by atoms with Crippen molar-refractivity contribution in [2.45, 2.75) is 13.8 Å². The lowest BCUT2D eigenvalue weighted by Crippen LogP contribution is -1.95. The number of nitrogens with zero attached hydrogens (tertiary/aromatic N) is 2. The second-order valence-electron chi connectivity index (χ2n) is 11.6. The number of para-hydroxylation sites is 1. The number of aryl methyl sites for hydroxylation is 2. The van der Waals surface area contributed by atoms with Gasteiger partial charge in [-0.25, -0.2) is 0 Å². The first-order chi connectivity index (χ1) is 21.7. The van der Waals surface area contributed by atoms with Crippen molar-refractivity contribution in [3.63, 3.8) is 0 Å². The van der Waals surface area contributed by atoms with Gasteiger partial charge in [-0.1, -0.05) is 114 Å². The van der Waals surface area contributed by atoms with E-state index in [4.69, 9.17) is 4.52 Å². The van der Waals surface area contributed by atoms with Crippen molar-refractivity contribution in [3.8, 4) is 27.9 Å². The van der Waals surface area contributed by atoms with Gasteiger partial charge in [0, 0.05) is 27.3 Å². The zero-order chi connectivity index (χ0) is 29.4. The average Bonchev–Trinajstić information content (AvgIpc) is 3.58. The highest BCUT2D eigenvalue weighted by atomic mass is 16.5. The van der Waals surface area contributed by atoms with Gasteiger partial charge < -0.3 is 9.09 Å². The van der Waals surface area contributed by atoms with Crippen LogP contribution in [0.5, 0.6) is 0 Å². The molecule has 0 saturated heterocycles. The Morgan fingerprint density at radius 1 is 0.477 bits per heavy atom. The fourth-order valence-electron chi connectivity index (χ4n) is 7.34. The molecule has 0 N–H and O–H groups in total. The fraction of sp³-hybridized carbons (Fsp3) is 0.0488. The van der Waals surface area contributed by atoms with Gasteiger partial charge >= 0.3 is 0 Å². The molecule has 44 heavy (non-hydrogen) atoms. The highest BCUT2D eigenvalue weighted by Crippen LogP contribution is 2.46. The van der Waals surface area contributed by atoms with Gasteiger partial charge in [0.1, 0.15) is 5.76 Å². The Hall–Kier alpha value is -5.67. The molecule has 0 radical (unpaired) electrons. The first kappa shape index (κ1) is 24.9. The van der Waals surface area contributed by atoms with Crippen LogP contribution in [0.4, 0.5) is 0 Å². The molecule has 3 heteroatoms. The summed E-state index contributed by atoms with van der Waals surface area (Å²) in [5.74, 6) is 0.841. The molecule has 9 aromatic rings. The van der Waals surface area contributed by atoms with Gasteiger partial charge in [0.25, 0.3) is 0 Å². The van der Waals surface area contributed by atoms with Gasteiger partial charge in [0.15, 0.2) is 0 Å². The molecule has 0 unspecified atom stereocenters. The number of fused-ring (bicyclic) bond motifs is 6. The van der Waals surface area contributed by atoms with Crippen LogP contribution in [0, 0.1) is 13.8 Å². The van der Waals surface area contributed by atoms with Crippen molar-refractivity contribution in [1.82, 2.24) is 9.72 Å². The van der Waals surface area contributed by atoms with E-state index in [1.54, 1.807) is 0 Å². The third kappa shape index (κ3) is 3.47. The molecule has 0 aliphatic heterocycles. The quantitative estimate of drug-likeness (QED) is 0.200. The Morgan fingerprint density at radius 3 is 1.73 bits per heavy atom. The maximum absolute atomic E-state index is 5.66. The Kier molecular flexibility index (Phi) is 5.33. The molecule has 0 fully saturated rings. The van der Waals surface area contributed by atoms with Gasteiger partial charge in [-0.3, -0.25) is 0 Å². The molecule has 2 aromatic heterocycles. The Labute approximate surface area is 254 Å². The van der Waals surface area contributed by atoms with Crippen LogP contribution in [0.3, 0.4) is 0 Å². The molecule has 0 saturated carbocycles. The van der Waals surface area contributed by atoms with Crippen molar-refractivity contribution in [2.24, 2.45) is 0 Å². The SMILES string of the molecule is Cc1noc(C)c1-c1c2ccccc2c(-c2ccc3c(c2)c2ccccc2n3-c2cccc3ccccc23)c2ccccc12. The molecule has 3 nitrogen and oxygen atoms in total. The van der Waals surface area contributed by atoms with E-state index in [2.05, 4.69) is 143 Å². The summed E-state index contributed by atoms with van der Waals surface area (Å²) in [4.78, 5) is 0. The van der Waals surface area contributed by atoms with Crippen LogP contribution in [-0.4, -0.2) is 9.72 Å². The van der Waals surface area contributed by atoms with Gasteiger partial charge in [-0.15, -0.1) is 0 Å². The largest absolute Gasteiger partial charge is 0.361 e. The second kappa shape index (κ2) is 9.42. The Morgan fingerprint density at radius 2 is 1.05 bits per heavy atom. The Balaban J connectivity index is 1.38. The third-order valence-corrected chi connectivity index (χ3v) is 9.18. The highest BCUT2D eigenvalue weighted by molar-refractivity contribution is 6.22. The maximum Gasteiger partial charge on any atom is 0.141 e. The molecule has 0 atom stereocenters. The van der Waals surface area contributed by atoms with E-state index in [0.29, 0.717) is 0 Å². The van der Waals surface area contributed by atoms with E-state index in [1.807, 2.05) is 13.8 Å². The molecular formula is C41H28N2O. The van der Waals surface area contributed by atoms with Crippen LogP contribution in [0.15, 0.2) is 138 Å². The zero-order valence-electron chi connectivity index (χ0n) is 24.5. The number of aromatic nitrogens is 2. The highest BCUT2D eigenvalue weighted by Gasteiger charge is 2.22. The standard InChI is InChI=1S/C41H28N2O/c1-25-39(26(2)44-42-25)41-33-18-7-5-16-31(33)40(32-17-6-8-19-34(32)41)28-22-23-38-35(24-28)30-15-9-10-20-37(30)43(38)36-21-11-13-27-12-3-4-14-29(27)36/h3-24H,1-2H3. The number of rotatable bonds is 3. The van der Waals surface area contributed by atoms with Gasteiger partial charge in [0.2, 0.25) is 0 Å². The van der Waals surface area contributed by atoms with E-state index < -0.39 is 0 Å². The number of hydrogen-bond donors (Lipinski definition) is 0. The van der Waals surface area contributed by atoms with Crippen LogP contribution >= 0.6 is 0 Å². The molecular weight excluding hydrogens is 536 g/mol. The van der Waals surface area contributed by atoms with Crippen molar-refractivity contribution in [3.05, 3.63) is 145 Å². The molecule has 0 aliphatic rings. The lowest BCUT2D eigenvalue weighted by molar-refractivity contribution is 0.393. The molecule has 208 valence electrons. The van der Waals surface area contributed by atoms with E-state index in [1.165, 1.54) is 76.5 Å². The third-order valence-electron chi connectivity index (χ3n) is 9.18. The molecule has 7 aromatic carbocycles. The summed E-state index contributed by atoms with van der Waals surface area (Å²) in [6.45, 7) is 4.04. The fourth-order valence-corrected chi connectivity index (χ4v) is 7.34. The van der Waals surface area contributed by atoms with Gasteiger partial charge in [-0.05, 0) is 76.2 Å². The average molecular weight is 565 g/mol. The summed E-state index contributed by atoms with van der Waals surface area (Å²) in [5.41, 5.74) is 9.23. The van der Waals surface area contributed by atoms with E-state index in [0.717, 1.165) is 17.0 Å². The lowest BCUT2D eigenvalue weighted by atomic mass is 9.85. The maximum atomic E-state index is 5.66. The molecule has 0 amide bonds. The second-order valence-corrected chi connectivity index (χ2v) is 11.6. The van der Waals surface area contributed by atoms with Crippen LogP contribution in [-0.2, 0) is 0 Å². The summed E-state index contributed by atoms with van der Waals surface area (Å²) in [6.07, 6.45) is 0. The minimum atomic E-state index is 0.841. The number of benzene rings is 7. The van der Waals surface area contributed by atoms with Crippen molar-refractivity contribution < 1.29 is 4.52 Å². The molecule has 0 bridgehead atoms. The van der Waals surface area contributed by atoms with E-state index in [9.17, 15) is 0 Å². The van der Waals surface area contributed by atoms with Crippen LogP contribution < -0.4 is 0 Å². The molecule has 2 heterocycles. The smallest absolute Gasteiger partial charge is 0.141 e. The summed E-state index contributed by atoms with van der Waals surface area (Å²) in [5, 5.41) is 14.1. The normalized spacial score (nSPS) is 11.9. The first-order valence-corrected chi connectivity index (χ1v) is 15.1. The summed E-state index contributed by atoms with van der Waals surface area (Å²) >= 11 is 0. The first-order valence-electron chi connectivity index (χ1n) is 15.1.